The van der Waals surface area contributed by atoms with Crippen LogP contribution in [-0.2, 0) is 0 Å². The molecule has 0 atom stereocenters. The first-order valence-electron chi connectivity index (χ1n) is 6.12. The summed E-state index contributed by atoms with van der Waals surface area (Å²) in [5.74, 6) is 0. The first-order valence-corrected chi connectivity index (χ1v) is 6.53. The second-order valence-electron chi connectivity index (χ2n) is 5.21. The van der Waals surface area contributed by atoms with Crippen LogP contribution in [0.25, 0.3) is 0 Å². The third-order valence-corrected chi connectivity index (χ3v) is 2.94. The van der Waals surface area contributed by atoms with Gasteiger partial charge in [-0.05, 0) is 39.8 Å². The number of thiocarbonyl (C=S) groups is 1. The summed E-state index contributed by atoms with van der Waals surface area (Å²) in [5, 5.41) is 9.96. The Kier molecular flexibility index (Phi) is 4.71. The first-order chi connectivity index (χ1) is 8.24. The molecule has 100 valence electrons. The number of rotatable bonds is 5. The molecule has 4 heteroatoms. The maximum atomic E-state index is 9.96. The molecule has 3 N–H and O–H groups in total. The van der Waals surface area contributed by atoms with Gasteiger partial charge < -0.3 is 15.7 Å². The van der Waals surface area contributed by atoms with Crippen LogP contribution in [0, 0.1) is 6.92 Å². The van der Waals surface area contributed by atoms with E-state index >= 15 is 0 Å². The van der Waals surface area contributed by atoms with Crippen LogP contribution < -0.4 is 10.6 Å². The van der Waals surface area contributed by atoms with Crippen molar-refractivity contribution in [3.8, 4) is 0 Å². The number of nitrogens with zero attached hydrogens (tertiary/aromatic N) is 1. The maximum Gasteiger partial charge on any atom is 0.106 e. The van der Waals surface area contributed by atoms with Crippen molar-refractivity contribution in [3.63, 3.8) is 0 Å². The normalized spacial score (nSPS) is 11.4. The fourth-order valence-corrected chi connectivity index (χ4v) is 2.12. The lowest BCUT2D eigenvalue weighted by Crippen LogP contribution is -2.39. The molecule has 0 spiro atoms. The van der Waals surface area contributed by atoms with Crippen LogP contribution in [0.5, 0.6) is 0 Å². The van der Waals surface area contributed by atoms with Crippen molar-refractivity contribution < 1.29 is 5.11 Å². The van der Waals surface area contributed by atoms with Crippen LogP contribution >= 0.6 is 12.2 Å². The quantitative estimate of drug-likeness (QED) is 0.802. The Morgan fingerprint density at radius 2 is 2.06 bits per heavy atom. The van der Waals surface area contributed by atoms with Gasteiger partial charge in [-0.3, -0.25) is 0 Å². The van der Waals surface area contributed by atoms with E-state index in [4.69, 9.17) is 18.0 Å². The van der Waals surface area contributed by atoms with Gasteiger partial charge in [0.2, 0.25) is 0 Å². The lowest BCUT2D eigenvalue weighted by molar-refractivity contribution is 0.0876. The molecule has 0 aliphatic rings. The second kappa shape index (κ2) is 5.67. The second-order valence-corrected chi connectivity index (χ2v) is 5.65. The Morgan fingerprint density at radius 1 is 1.44 bits per heavy atom. The Labute approximate surface area is 115 Å². The number of aryl methyl sites for hydroxylation is 1. The van der Waals surface area contributed by atoms with Crippen molar-refractivity contribution in [2.45, 2.75) is 33.3 Å². The highest BCUT2D eigenvalue weighted by Gasteiger charge is 2.20. The van der Waals surface area contributed by atoms with Gasteiger partial charge in [-0.2, -0.15) is 0 Å². The van der Waals surface area contributed by atoms with Crippen molar-refractivity contribution in [1.82, 2.24) is 0 Å². The highest BCUT2D eigenvalue weighted by Crippen LogP contribution is 2.23. The van der Waals surface area contributed by atoms with Gasteiger partial charge in [-0.15, -0.1) is 0 Å². The van der Waals surface area contributed by atoms with Gasteiger partial charge in [0, 0.05) is 24.3 Å². The third kappa shape index (κ3) is 3.96. The minimum absolute atomic E-state index is 0.392. The smallest absolute Gasteiger partial charge is 0.106 e. The summed E-state index contributed by atoms with van der Waals surface area (Å²) >= 11 is 5.11. The van der Waals surface area contributed by atoms with E-state index in [1.54, 1.807) is 13.8 Å². The van der Waals surface area contributed by atoms with Crippen LogP contribution in [-0.4, -0.2) is 28.8 Å². The molecule has 0 heterocycles. The van der Waals surface area contributed by atoms with E-state index in [1.807, 2.05) is 25.1 Å². The average Bonchev–Trinajstić information content (AvgIpc) is 2.24. The lowest BCUT2D eigenvalue weighted by atomic mass is 10.1. The molecule has 1 aromatic carbocycles. The van der Waals surface area contributed by atoms with E-state index in [9.17, 15) is 5.11 Å². The molecule has 18 heavy (non-hydrogen) atoms. The van der Waals surface area contributed by atoms with Crippen molar-refractivity contribution >= 4 is 22.9 Å². The van der Waals surface area contributed by atoms with Crippen molar-refractivity contribution in [3.05, 3.63) is 29.3 Å². The number of anilines is 1. The molecular weight excluding hydrogens is 244 g/mol. The van der Waals surface area contributed by atoms with Crippen molar-refractivity contribution in [2.75, 3.05) is 18.0 Å². The molecular formula is C14H22N2OS. The standard InChI is InChI=1S/C14H22N2OS/c1-5-16(9-14(3,4)17)12-7-6-10(2)8-11(12)13(15)18/h6-8,17H,5,9H2,1-4H3,(H2,15,18). The van der Waals surface area contributed by atoms with Gasteiger partial charge in [0.1, 0.15) is 4.99 Å². The predicted molar refractivity (Wildman–Crippen MR) is 81.3 cm³/mol. The summed E-state index contributed by atoms with van der Waals surface area (Å²) in [6, 6.07) is 6.04. The summed E-state index contributed by atoms with van der Waals surface area (Å²) in [7, 11) is 0. The van der Waals surface area contributed by atoms with Gasteiger partial charge in [0.05, 0.1) is 5.60 Å². The molecule has 0 aliphatic heterocycles. The van der Waals surface area contributed by atoms with E-state index in [2.05, 4.69) is 11.8 Å². The largest absolute Gasteiger partial charge is 0.389 e. The SMILES string of the molecule is CCN(CC(C)(C)O)c1ccc(C)cc1C(N)=S. The topological polar surface area (TPSA) is 49.5 Å². The Morgan fingerprint density at radius 3 is 2.50 bits per heavy atom. The monoisotopic (exact) mass is 266 g/mol. The lowest BCUT2D eigenvalue weighted by Gasteiger charge is -2.31. The summed E-state index contributed by atoms with van der Waals surface area (Å²) in [6.07, 6.45) is 0. The molecule has 0 fully saturated rings. The zero-order valence-corrected chi connectivity index (χ0v) is 12.3. The highest BCUT2D eigenvalue weighted by atomic mass is 32.1. The van der Waals surface area contributed by atoms with Gasteiger partial charge in [-0.1, -0.05) is 23.8 Å². The molecule has 0 aliphatic carbocycles. The molecule has 0 amide bonds. The van der Waals surface area contributed by atoms with E-state index < -0.39 is 5.60 Å². The number of benzene rings is 1. The number of likely N-dealkylation sites (N-methyl/N-ethyl adjacent to an activating group) is 1. The van der Waals surface area contributed by atoms with E-state index in [0.29, 0.717) is 11.5 Å². The van der Waals surface area contributed by atoms with Gasteiger partial charge in [-0.25, -0.2) is 0 Å². The molecule has 1 rings (SSSR count). The number of nitrogens with two attached hydrogens (primary N) is 1. The van der Waals surface area contributed by atoms with Crippen LogP contribution in [0.15, 0.2) is 18.2 Å². The fraction of sp³-hybridized carbons (Fsp3) is 0.500. The minimum atomic E-state index is -0.756. The Bertz CT molecular complexity index is 438. The predicted octanol–water partition coefficient (Wildman–Crippen LogP) is 2.23. The van der Waals surface area contributed by atoms with Crippen LogP contribution in [0.1, 0.15) is 31.9 Å². The van der Waals surface area contributed by atoms with Gasteiger partial charge >= 0.3 is 0 Å². The van der Waals surface area contributed by atoms with E-state index in [1.165, 1.54) is 0 Å². The van der Waals surface area contributed by atoms with Crippen LogP contribution in [0.2, 0.25) is 0 Å². The Balaban J connectivity index is 3.17. The summed E-state index contributed by atoms with van der Waals surface area (Å²) in [4.78, 5) is 2.48. The van der Waals surface area contributed by atoms with Crippen molar-refractivity contribution in [2.24, 2.45) is 5.73 Å². The molecule has 1 aromatic rings. The summed E-state index contributed by atoms with van der Waals surface area (Å²) in [5.41, 5.74) is 8.01. The molecule has 0 saturated heterocycles. The van der Waals surface area contributed by atoms with Crippen LogP contribution in [0.4, 0.5) is 5.69 Å². The van der Waals surface area contributed by atoms with Gasteiger partial charge in [0.25, 0.3) is 0 Å². The van der Waals surface area contributed by atoms with Gasteiger partial charge in [0.15, 0.2) is 0 Å². The van der Waals surface area contributed by atoms with Crippen molar-refractivity contribution in [1.29, 1.82) is 0 Å². The zero-order chi connectivity index (χ0) is 13.9. The van der Waals surface area contributed by atoms with E-state index in [-0.39, 0.29) is 0 Å². The fourth-order valence-electron chi connectivity index (χ4n) is 1.96. The molecule has 0 aromatic heterocycles. The summed E-state index contributed by atoms with van der Waals surface area (Å²) in [6.45, 7) is 8.99. The molecule has 0 saturated carbocycles. The maximum absolute atomic E-state index is 9.96. The highest BCUT2D eigenvalue weighted by molar-refractivity contribution is 7.80. The molecule has 0 unspecified atom stereocenters. The minimum Gasteiger partial charge on any atom is -0.389 e. The Hall–Kier alpha value is -1.13. The molecule has 3 nitrogen and oxygen atoms in total. The van der Waals surface area contributed by atoms with Crippen LogP contribution in [0.3, 0.4) is 0 Å². The first kappa shape index (κ1) is 14.9. The number of aliphatic hydroxyl groups is 1. The summed E-state index contributed by atoms with van der Waals surface area (Å²) < 4.78 is 0. The number of hydrogen-bond acceptors (Lipinski definition) is 3. The third-order valence-electron chi connectivity index (χ3n) is 2.72. The van der Waals surface area contributed by atoms with E-state index in [0.717, 1.165) is 23.4 Å². The average molecular weight is 266 g/mol. The zero-order valence-electron chi connectivity index (χ0n) is 11.5. The molecule has 0 radical (unpaired) electrons. The molecule has 0 bridgehead atoms. The number of hydrogen-bond donors (Lipinski definition) is 2.